The molecule has 1 aliphatic heterocycles. The average Bonchev–Trinajstić information content (AvgIpc) is 2.96. The Morgan fingerprint density at radius 2 is 2.12 bits per heavy atom. The van der Waals surface area contributed by atoms with E-state index in [-0.39, 0.29) is 36.2 Å². The van der Waals surface area contributed by atoms with Gasteiger partial charge in [-0.05, 0) is 37.3 Å². The highest BCUT2D eigenvalue weighted by atomic mass is 19.2. The van der Waals surface area contributed by atoms with Gasteiger partial charge in [0.05, 0.1) is 25.4 Å². The molecule has 1 saturated carbocycles. The van der Waals surface area contributed by atoms with Crippen molar-refractivity contribution in [1.29, 1.82) is 0 Å². The Kier molecular flexibility index (Phi) is 9.82. The Hall–Kier alpha value is -2.07. The van der Waals surface area contributed by atoms with Gasteiger partial charge < -0.3 is 29.5 Å². The maximum atomic E-state index is 13.7. The molecule has 0 spiro atoms. The minimum absolute atomic E-state index is 0.0518. The number of halogens is 2. The lowest BCUT2D eigenvalue weighted by Gasteiger charge is -2.21. The van der Waals surface area contributed by atoms with Crippen molar-refractivity contribution >= 4 is 5.97 Å². The van der Waals surface area contributed by atoms with Crippen molar-refractivity contribution in [3.8, 4) is 5.75 Å². The summed E-state index contributed by atoms with van der Waals surface area (Å²) >= 11 is 0. The first-order valence-electron chi connectivity index (χ1n) is 11.9. The Labute approximate surface area is 198 Å². The average molecular weight is 485 g/mol. The van der Waals surface area contributed by atoms with Crippen molar-refractivity contribution in [3.05, 3.63) is 42.0 Å². The van der Waals surface area contributed by atoms with Crippen molar-refractivity contribution in [1.82, 2.24) is 0 Å². The quantitative estimate of drug-likeness (QED) is 0.414. The number of benzene rings is 1. The molecule has 0 aromatic heterocycles. The minimum Gasteiger partial charge on any atom is -0.487 e. The molecule has 3 rings (SSSR count). The highest BCUT2D eigenvalue weighted by Crippen LogP contribution is 2.41. The number of hydrogen-bond donors (Lipinski definition) is 3. The van der Waals surface area contributed by atoms with E-state index < -0.39 is 35.9 Å². The molecule has 3 N–H and O–H groups in total. The Morgan fingerprint density at radius 3 is 2.85 bits per heavy atom. The zero-order valence-corrected chi connectivity index (χ0v) is 19.3. The number of carboxylic acids is 1. The lowest BCUT2D eigenvalue weighted by molar-refractivity contribution is -0.152. The molecule has 1 aliphatic carbocycles. The largest absolute Gasteiger partial charge is 0.487 e. The van der Waals surface area contributed by atoms with E-state index in [2.05, 4.69) is 0 Å². The van der Waals surface area contributed by atoms with Crippen LogP contribution in [0.5, 0.6) is 5.75 Å². The van der Waals surface area contributed by atoms with Crippen LogP contribution in [0.15, 0.2) is 30.4 Å². The van der Waals surface area contributed by atoms with Crippen LogP contribution < -0.4 is 4.74 Å². The predicted octanol–water partition coefficient (Wildman–Crippen LogP) is 3.32. The Bertz CT molecular complexity index is 833. The summed E-state index contributed by atoms with van der Waals surface area (Å²) in [7, 11) is 0. The highest BCUT2D eigenvalue weighted by molar-refractivity contribution is 5.72. The summed E-state index contributed by atoms with van der Waals surface area (Å²) in [5.41, 5.74) is 0. The predicted molar refractivity (Wildman–Crippen MR) is 119 cm³/mol. The Morgan fingerprint density at radius 1 is 1.32 bits per heavy atom. The van der Waals surface area contributed by atoms with Crippen molar-refractivity contribution in [2.75, 3.05) is 19.8 Å². The number of hydrogen-bond acceptors (Lipinski definition) is 6. The van der Waals surface area contributed by atoms with Crippen molar-refractivity contribution in [3.63, 3.8) is 0 Å². The standard InChI is InChI=1S/C25H34F2O7/c1-2-4-22(25(30)31)32-12-15-7-9-18-17(20(29)11-23(18)33-13-15)10-8-16(28)14-34-21-6-3-5-19(26)24(21)27/h3,5-6,8,10,15-18,20,22-23,28-29H,2,4,7,9,11-14H2,1H3,(H,30,31)/b10-8+/t15-,16+,17+,18+,20+,22?,23-/m0/s1. The molecule has 2 aliphatic rings. The van der Waals surface area contributed by atoms with E-state index in [1.165, 1.54) is 18.2 Å². The zero-order valence-electron chi connectivity index (χ0n) is 19.3. The molecule has 1 aromatic carbocycles. The number of aliphatic hydroxyl groups excluding tert-OH is 2. The normalized spacial score (nSPS) is 28.9. The summed E-state index contributed by atoms with van der Waals surface area (Å²) in [6.07, 6.45) is 3.84. The van der Waals surface area contributed by atoms with Gasteiger partial charge in [-0.25, -0.2) is 9.18 Å². The van der Waals surface area contributed by atoms with Gasteiger partial charge >= 0.3 is 5.97 Å². The number of ether oxygens (including phenoxy) is 3. The van der Waals surface area contributed by atoms with Crippen LogP contribution in [0, 0.1) is 29.4 Å². The van der Waals surface area contributed by atoms with Gasteiger partial charge in [-0.3, -0.25) is 0 Å². The van der Waals surface area contributed by atoms with Crippen LogP contribution in [-0.2, 0) is 14.3 Å². The molecule has 7 atom stereocenters. The zero-order chi connectivity index (χ0) is 24.7. The number of aliphatic carboxylic acids is 1. The third kappa shape index (κ3) is 6.97. The second kappa shape index (κ2) is 12.6. The summed E-state index contributed by atoms with van der Waals surface area (Å²) in [4.78, 5) is 11.3. The van der Waals surface area contributed by atoms with Crippen LogP contribution in [0.3, 0.4) is 0 Å². The molecule has 34 heavy (non-hydrogen) atoms. The van der Waals surface area contributed by atoms with Gasteiger partial charge in [-0.15, -0.1) is 0 Å². The van der Waals surface area contributed by atoms with Crippen LogP contribution in [0.4, 0.5) is 8.78 Å². The third-order valence-electron chi connectivity index (χ3n) is 6.58. The molecule has 1 saturated heterocycles. The van der Waals surface area contributed by atoms with Gasteiger partial charge in [0.15, 0.2) is 17.7 Å². The summed E-state index contributed by atoms with van der Waals surface area (Å²) in [6.45, 7) is 2.41. The SMILES string of the molecule is CCCC(OC[C@@H]1CC[C@@H]2[C@@H](/C=C/[C@@H](O)COc3cccc(F)c3F)[C@H](O)C[C@@H]2OC1)C(=O)O. The molecular weight excluding hydrogens is 450 g/mol. The van der Waals surface area contributed by atoms with E-state index in [0.717, 1.165) is 25.3 Å². The van der Waals surface area contributed by atoms with E-state index in [4.69, 9.17) is 14.2 Å². The third-order valence-corrected chi connectivity index (χ3v) is 6.58. The summed E-state index contributed by atoms with van der Waals surface area (Å²) in [5, 5.41) is 30.0. The number of fused-ring (bicyclic) bond motifs is 1. The first kappa shape index (κ1) is 26.5. The summed E-state index contributed by atoms with van der Waals surface area (Å²) in [6, 6.07) is 3.59. The number of aliphatic hydroxyl groups is 2. The van der Waals surface area contributed by atoms with Gasteiger partial charge in [-0.2, -0.15) is 4.39 Å². The maximum absolute atomic E-state index is 13.7. The lowest BCUT2D eigenvalue weighted by atomic mass is 9.87. The van der Waals surface area contributed by atoms with Gasteiger partial charge in [0.25, 0.3) is 0 Å². The molecule has 1 heterocycles. The highest BCUT2D eigenvalue weighted by Gasteiger charge is 2.43. The fraction of sp³-hybridized carbons (Fsp3) is 0.640. The van der Waals surface area contributed by atoms with E-state index >= 15 is 0 Å². The first-order chi connectivity index (χ1) is 16.3. The van der Waals surface area contributed by atoms with E-state index in [1.54, 1.807) is 6.08 Å². The lowest BCUT2D eigenvalue weighted by Crippen LogP contribution is -2.27. The van der Waals surface area contributed by atoms with Crippen LogP contribution in [0.25, 0.3) is 0 Å². The minimum atomic E-state index is -1.11. The van der Waals surface area contributed by atoms with Crippen molar-refractivity contribution in [2.24, 2.45) is 17.8 Å². The molecular formula is C25H34F2O7. The number of carbonyl (C=O) groups is 1. The number of carboxylic acid groups (broad SMARTS) is 1. The molecule has 2 fully saturated rings. The molecule has 0 amide bonds. The Balaban J connectivity index is 1.51. The molecule has 0 bridgehead atoms. The maximum Gasteiger partial charge on any atom is 0.332 e. The van der Waals surface area contributed by atoms with Gasteiger partial charge in [0.1, 0.15) is 12.7 Å². The molecule has 9 heteroatoms. The fourth-order valence-corrected chi connectivity index (χ4v) is 4.72. The summed E-state index contributed by atoms with van der Waals surface area (Å²) < 4.78 is 43.8. The summed E-state index contributed by atoms with van der Waals surface area (Å²) in [5.74, 6) is -3.46. The van der Waals surface area contributed by atoms with Crippen LogP contribution in [0.2, 0.25) is 0 Å². The number of rotatable bonds is 11. The molecule has 7 nitrogen and oxygen atoms in total. The van der Waals surface area contributed by atoms with E-state index in [1.807, 2.05) is 6.92 Å². The molecule has 1 aromatic rings. The monoisotopic (exact) mass is 484 g/mol. The molecule has 1 unspecified atom stereocenters. The second-order valence-corrected chi connectivity index (χ2v) is 9.12. The molecule has 0 radical (unpaired) electrons. The van der Waals surface area contributed by atoms with E-state index in [9.17, 15) is 28.9 Å². The van der Waals surface area contributed by atoms with Crippen LogP contribution in [-0.4, -0.2) is 65.5 Å². The van der Waals surface area contributed by atoms with Gasteiger partial charge in [-0.1, -0.05) is 31.6 Å². The van der Waals surface area contributed by atoms with Crippen LogP contribution >= 0.6 is 0 Å². The fourth-order valence-electron chi connectivity index (χ4n) is 4.72. The smallest absolute Gasteiger partial charge is 0.332 e. The van der Waals surface area contributed by atoms with Gasteiger partial charge in [0.2, 0.25) is 5.82 Å². The van der Waals surface area contributed by atoms with Crippen molar-refractivity contribution < 1.29 is 43.1 Å². The first-order valence-corrected chi connectivity index (χ1v) is 11.9. The second-order valence-electron chi connectivity index (χ2n) is 9.12. The topological polar surface area (TPSA) is 105 Å². The van der Waals surface area contributed by atoms with E-state index in [0.29, 0.717) is 26.1 Å². The van der Waals surface area contributed by atoms with Crippen LogP contribution in [0.1, 0.15) is 39.0 Å². The molecule has 190 valence electrons. The van der Waals surface area contributed by atoms with Gasteiger partial charge in [0, 0.05) is 18.3 Å². The van der Waals surface area contributed by atoms with Crippen molar-refractivity contribution in [2.45, 2.75) is 63.4 Å².